The number of aromatic amines is 1. The van der Waals surface area contributed by atoms with Crippen molar-refractivity contribution in [3.05, 3.63) is 60.0 Å². The number of nitrogens with one attached hydrogen (secondary N) is 2. The molecule has 2 atom stereocenters. The zero-order valence-corrected chi connectivity index (χ0v) is 20.3. The van der Waals surface area contributed by atoms with E-state index in [2.05, 4.69) is 28.3 Å². The smallest absolute Gasteiger partial charge is 0.266 e. The third-order valence-corrected chi connectivity index (χ3v) is 5.95. The molecule has 2 heterocycles. The number of amides is 1. The van der Waals surface area contributed by atoms with Crippen LogP contribution in [0.25, 0.3) is 10.9 Å². The predicted octanol–water partition coefficient (Wildman–Crippen LogP) is 3.84. The van der Waals surface area contributed by atoms with Gasteiger partial charge in [-0.25, -0.2) is 0 Å². The topological polar surface area (TPSA) is 90.5 Å². The highest BCUT2D eigenvalue weighted by atomic mass is 16.5. The van der Waals surface area contributed by atoms with Gasteiger partial charge in [0.25, 0.3) is 5.91 Å². The number of pyridine rings is 1. The highest BCUT2D eigenvalue weighted by Gasteiger charge is 2.33. The van der Waals surface area contributed by atoms with Gasteiger partial charge in [-0.1, -0.05) is 18.2 Å². The fourth-order valence-corrected chi connectivity index (χ4v) is 4.05. The summed E-state index contributed by atoms with van der Waals surface area (Å²) in [5, 5.41) is 14.8. The Morgan fingerprint density at radius 2 is 2.00 bits per heavy atom. The standard InChI is InChI=1S/C26H36N4O3/c1-6-30(7-2)25(32)26(4,5)33-23-12-8-11-21-20(16-29-24(21)23)14-18(3)28-17-22(31)19-10-9-13-27-15-19/h8-13,15-16,18,22,28-29,31H,6-7,14,17H2,1-5H3/t18-,22-/m1/s1. The summed E-state index contributed by atoms with van der Waals surface area (Å²) in [7, 11) is 0. The van der Waals surface area contributed by atoms with E-state index < -0.39 is 11.7 Å². The third kappa shape index (κ3) is 5.92. The Kier molecular flexibility index (Phi) is 8.10. The number of ether oxygens (including phenoxy) is 1. The van der Waals surface area contributed by atoms with Gasteiger partial charge >= 0.3 is 0 Å². The minimum atomic E-state index is -0.969. The van der Waals surface area contributed by atoms with Crippen LogP contribution in [0, 0.1) is 0 Å². The number of H-pyrrole nitrogens is 1. The Morgan fingerprint density at radius 1 is 1.24 bits per heavy atom. The van der Waals surface area contributed by atoms with Crippen molar-refractivity contribution in [1.82, 2.24) is 20.2 Å². The van der Waals surface area contributed by atoms with E-state index >= 15 is 0 Å². The molecule has 0 saturated carbocycles. The number of benzene rings is 1. The first-order chi connectivity index (χ1) is 15.8. The molecule has 0 bridgehead atoms. The van der Waals surface area contributed by atoms with Gasteiger partial charge in [0.15, 0.2) is 5.60 Å². The van der Waals surface area contributed by atoms with Crippen LogP contribution in [0.2, 0.25) is 0 Å². The maximum atomic E-state index is 12.9. The molecule has 3 aromatic rings. The van der Waals surface area contributed by atoms with Crippen LogP contribution in [0.15, 0.2) is 48.9 Å². The summed E-state index contributed by atoms with van der Waals surface area (Å²) in [4.78, 5) is 22.1. The van der Waals surface area contributed by atoms with Crippen molar-refractivity contribution < 1.29 is 14.6 Å². The van der Waals surface area contributed by atoms with Crippen LogP contribution in [0.4, 0.5) is 0 Å². The van der Waals surface area contributed by atoms with Crippen molar-refractivity contribution in [2.45, 2.75) is 58.8 Å². The molecule has 0 aliphatic heterocycles. The molecule has 0 fully saturated rings. The number of hydrogen-bond donors (Lipinski definition) is 3. The highest BCUT2D eigenvalue weighted by Crippen LogP contribution is 2.31. The molecule has 0 saturated heterocycles. The average Bonchev–Trinajstić information content (AvgIpc) is 3.22. The van der Waals surface area contributed by atoms with Crippen LogP contribution in [-0.2, 0) is 11.2 Å². The number of para-hydroxylation sites is 1. The van der Waals surface area contributed by atoms with Crippen LogP contribution in [0.3, 0.4) is 0 Å². The number of likely N-dealkylation sites (N-methyl/N-ethyl adjacent to an activating group) is 1. The summed E-state index contributed by atoms with van der Waals surface area (Å²) in [6, 6.07) is 9.76. The van der Waals surface area contributed by atoms with E-state index in [1.54, 1.807) is 17.3 Å². The highest BCUT2D eigenvalue weighted by molar-refractivity contribution is 5.90. The molecule has 33 heavy (non-hydrogen) atoms. The molecule has 0 spiro atoms. The second-order valence-corrected chi connectivity index (χ2v) is 8.90. The molecule has 0 unspecified atom stereocenters. The normalized spacial score (nSPS) is 13.6. The van der Waals surface area contributed by atoms with Gasteiger partial charge in [0.05, 0.1) is 11.6 Å². The summed E-state index contributed by atoms with van der Waals surface area (Å²) in [6.45, 7) is 11.4. The molecule has 0 radical (unpaired) electrons. The largest absolute Gasteiger partial charge is 0.476 e. The van der Waals surface area contributed by atoms with Gasteiger partial charge in [-0.15, -0.1) is 0 Å². The van der Waals surface area contributed by atoms with Crippen molar-refractivity contribution in [3.8, 4) is 5.75 Å². The average molecular weight is 453 g/mol. The summed E-state index contributed by atoms with van der Waals surface area (Å²) in [6.07, 6.45) is 5.55. The van der Waals surface area contributed by atoms with Gasteiger partial charge in [-0.3, -0.25) is 9.78 Å². The zero-order valence-electron chi connectivity index (χ0n) is 20.3. The van der Waals surface area contributed by atoms with Crippen LogP contribution in [0.5, 0.6) is 5.75 Å². The number of carbonyl (C=O) groups excluding carboxylic acids is 1. The first kappa shape index (κ1) is 24.7. The number of aliphatic hydroxyl groups excluding tert-OH is 1. The Hall–Kier alpha value is -2.90. The van der Waals surface area contributed by atoms with E-state index in [1.165, 1.54) is 0 Å². The van der Waals surface area contributed by atoms with Crippen LogP contribution < -0.4 is 10.1 Å². The number of nitrogens with zero attached hydrogens (tertiary/aromatic N) is 2. The lowest BCUT2D eigenvalue weighted by Crippen LogP contribution is -2.48. The lowest BCUT2D eigenvalue weighted by molar-refractivity contribution is -0.145. The molecule has 3 rings (SSSR count). The Bertz CT molecular complexity index is 1040. The maximum Gasteiger partial charge on any atom is 0.266 e. The lowest BCUT2D eigenvalue weighted by Gasteiger charge is -2.31. The van der Waals surface area contributed by atoms with Crippen molar-refractivity contribution >= 4 is 16.8 Å². The molecule has 0 aliphatic carbocycles. The van der Waals surface area contributed by atoms with Gasteiger partial charge in [0.1, 0.15) is 5.75 Å². The minimum Gasteiger partial charge on any atom is -0.476 e. The first-order valence-electron chi connectivity index (χ1n) is 11.7. The van der Waals surface area contributed by atoms with E-state index in [9.17, 15) is 9.90 Å². The summed E-state index contributed by atoms with van der Waals surface area (Å²) in [5.74, 6) is 0.637. The minimum absolute atomic E-state index is 0.0266. The van der Waals surface area contributed by atoms with E-state index in [-0.39, 0.29) is 11.9 Å². The summed E-state index contributed by atoms with van der Waals surface area (Å²) < 4.78 is 6.23. The van der Waals surface area contributed by atoms with Crippen molar-refractivity contribution in [2.75, 3.05) is 19.6 Å². The monoisotopic (exact) mass is 452 g/mol. The number of rotatable bonds is 11. The molecular weight excluding hydrogens is 416 g/mol. The Labute approximate surface area is 196 Å². The van der Waals surface area contributed by atoms with Crippen molar-refractivity contribution in [1.29, 1.82) is 0 Å². The summed E-state index contributed by atoms with van der Waals surface area (Å²) in [5.41, 5.74) is 1.87. The molecule has 1 aromatic carbocycles. The SMILES string of the molecule is CCN(CC)C(=O)C(C)(C)Oc1cccc2c(C[C@@H](C)NC[C@@H](O)c3cccnc3)c[nH]c12. The van der Waals surface area contributed by atoms with Gasteiger partial charge in [0.2, 0.25) is 0 Å². The number of fused-ring (bicyclic) bond motifs is 1. The number of carbonyl (C=O) groups is 1. The van der Waals surface area contributed by atoms with Crippen molar-refractivity contribution in [2.24, 2.45) is 0 Å². The Balaban J connectivity index is 1.69. The predicted molar refractivity (Wildman–Crippen MR) is 131 cm³/mol. The third-order valence-electron chi connectivity index (χ3n) is 5.95. The first-order valence-corrected chi connectivity index (χ1v) is 11.7. The van der Waals surface area contributed by atoms with E-state index in [4.69, 9.17) is 4.74 Å². The fraction of sp³-hybridized carbons (Fsp3) is 0.462. The van der Waals surface area contributed by atoms with Crippen LogP contribution in [-0.4, -0.2) is 57.2 Å². The molecule has 3 N–H and O–H groups in total. The maximum absolute atomic E-state index is 12.9. The van der Waals surface area contributed by atoms with Gasteiger partial charge in [-0.05, 0) is 58.7 Å². The molecule has 7 nitrogen and oxygen atoms in total. The Morgan fingerprint density at radius 3 is 2.67 bits per heavy atom. The summed E-state index contributed by atoms with van der Waals surface area (Å²) >= 11 is 0. The molecule has 2 aromatic heterocycles. The number of aliphatic hydroxyl groups is 1. The van der Waals surface area contributed by atoms with Crippen LogP contribution >= 0.6 is 0 Å². The second kappa shape index (κ2) is 10.8. The van der Waals surface area contributed by atoms with Crippen molar-refractivity contribution in [3.63, 3.8) is 0 Å². The quantitative estimate of drug-likeness (QED) is 0.411. The molecule has 178 valence electrons. The van der Waals surface area contributed by atoms with Crippen LogP contribution in [0.1, 0.15) is 51.8 Å². The number of hydrogen-bond acceptors (Lipinski definition) is 5. The molecule has 7 heteroatoms. The number of aromatic nitrogens is 2. The van der Waals surface area contributed by atoms with Gasteiger partial charge in [0, 0.05) is 55.2 Å². The van der Waals surface area contributed by atoms with E-state index in [1.807, 2.05) is 58.2 Å². The molecule has 0 aliphatic rings. The fourth-order valence-electron chi connectivity index (χ4n) is 4.05. The molecule has 1 amide bonds. The van der Waals surface area contributed by atoms with E-state index in [0.29, 0.717) is 25.4 Å². The van der Waals surface area contributed by atoms with Gasteiger partial charge in [-0.2, -0.15) is 0 Å². The van der Waals surface area contributed by atoms with E-state index in [0.717, 1.165) is 28.5 Å². The second-order valence-electron chi connectivity index (χ2n) is 8.90. The molecular formula is C26H36N4O3. The zero-order chi connectivity index (χ0) is 24.0. The lowest BCUT2D eigenvalue weighted by atomic mass is 10.0. The van der Waals surface area contributed by atoms with Gasteiger partial charge < -0.3 is 25.0 Å².